The quantitative estimate of drug-likeness (QED) is 0.678. The van der Waals surface area contributed by atoms with E-state index in [9.17, 15) is 4.79 Å². The van der Waals surface area contributed by atoms with Crippen molar-refractivity contribution in [2.45, 2.75) is 13.3 Å². The van der Waals surface area contributed by atoms with Crippen molar-refractivity contribution in [2.24, 2.45) is 0 Å². The van der Waals surface area contributed by atoms with Gasteiger partial charge in [-0.3, -0.25) is 4.98 Å². The molecule has 0 saturated carbocycles. The van der Waals surface area contributed by atoms with Crippen LogP contribution in [0.2, 0.25) is 0 Å². The van der Waals surface area contributed by atoms with Gasteiger partial charge in [0.1, 0.15) is 0 Å². The van der Waals surface area contributed by atoms with Gasteiger partial charge in [0.25, 0.3) is 0 Å². The topological polar surface area (TPSA) is 86.3 Å². The number of nitrogens with one attached hydrogen (secondary N) is 2. The van der Waals surface area contributed by atoms with Crippen molar-refractivity contribution in [2.75, 3.05) is 41.7 Å². The van der Waals surface area contributed by atoms with Gasteiger partial charge in [-0.25, -0.2) is 4.79 Å². The third-order valence-corrected chi connectivity index (χ3v) is 5.12. The van der Waals surface area contributed by atoms with Gasteiger partial charge in [-0.2, -0.15) is 0 Å². The summed E-state index contributed by atoms with van der Waals surface area (Å²) in [5, 5.41) is 14.8. The van der Waals surface area contributed by atoms with Crippen molar-refractivity contribution in [3.8, 4) is 0 Å². The molecule has 8 nitrogen and oxygen atoms in total. The first-order valence-corrected chi connectivity index (χ1v) is 10.1. The summed E-state index contributed by atoms with van der Waals surface area (Å²) >= 11 is 0. The van der Waals surface area contributed by atoms with Crippen LogP contribution in [0.4, 0.5) is 27.8 Å². The maximum absolute atomic E-state index is 12.7. The minimum Gasteiger partial charge on any atom is -0.352 e. The molecule has 0 atom stereocenters. The van der Waals surface area contributed by atoms with Crippen molar-refractivity contribution < 1.29 is 4.79 Å². The van der Waals surface area contributed by atoms with Gasteiger partial charge in [0.2, 0.25) is 0 Å². The van der Waals surface area contributed by atoms with Gasteiger partial charge in [0.05, 0.1) is 11.9 Å². The highest BCUT2D eigenvalue weighted by Crippen LogP contribution is 2.19. The summed E-state index contributed by atoms with van der Waals surface area (Å²) in [7, 11) is 0. The summed E-state index contributed by atoms with van der Waals surface area (Å²) in [5.74, 6) is 1.47. The smallest absolute Gasteiger partial charge is 0.321 e. The summed E-state index contributed by atoms with van der Waals surface area (Å²) in [4.78, 5) is 20.7. The average molecular weight is 403 g/mol. The predicted octanol–water partition coefficient (Wildman–Crippen LogP) is 3.53. The summed E-state index contributed by atoms with van der Waals surface area (Å²) in [6.07, 6.45) is 4.34. The average Bonchev–Trinajstić information content (AvgIpc) is 2.81. The van der Waals surface area contributed by atoms with Gasteiger partial charge >= 0.3 is 6.03 Å². The molecule has 2 amide bonds. The first-order chi connectivity index (χ1) is 14.7. The molecule has 8 heteroatoms. The van der Waals surface area contributed by atoms with E-state index in [0.29, 0.717) is 32.0 Å². The zero-order valence-corrected chi connectivity index (χ0v) is 17.0. The molecule has 30 heavy (non-hydrogen) atoms. The lowest BCUT2D eigenvalue weighted by Gasteiger charge is -2.35. The largest absolute Gasteiger partial charge is 0.352 e. The Morgan fingerprint density at radius 1 is 1.00 bits per heavy atom. The Kier molecular flexibility index (Phi) is 6.03. The number of nitrogens with zero attached hydrogens (tertiary/aromatic N) is 5. The van der Waals surface area contributed by atoms with Crippen LogP contribution >= 0.6 is 0 Å². The standard InChI is InChI=1S/C22H25N7O/c1-2-17-6-3-4-8-19(17)25-22(30)29-14-12-28(13-15-29)21-10-9-20(26-27-21)24-18-7-5-11-23-16-18/h3-11,16H,2,12-15H2,1H3,(H,24,26)(H,25,30). The summed E-state index contributed by atoms with van der Waals surface area (Å²) in [5.41, 5.74) is 2.89. The van der Waals surface area contributed by atoms with E-state index in [1.807, 2.05) is 53.4 Å². The lowest BCUT2D eigenvalue weighted by molar-refractivity contribution is 0.208. The molecular weight excluding hydrogens is 378 g/mol. The van der Waals surface area contributed by atoms with Crippen molar-refractivity contribution in [3.05, 3.63) is 66.5 Å². The highest BCUT2D eigenvalue weighted by atomic mass is 16.2. The number of hydrogen-bond donors (Lipinski definition) is 2. The number of benzene rings is 1. The number of para-hydroxylation sites is 1. The predicted molar refractivity (Wildman–Crippen MR) is 118 cm³/mol. The maximum Gasteiger partial charge on any atom is 0.321 e. The Morgan fingerprint density at radius 3 is 2.53 bits per heavy atom. The zero-order valence-electron chi connectivity index (χ0n) is 17.0. The summed E-state index contributed by atoms with van der Waals surface area (Å²) in [6, 6.07) is 15.5. The highest BCUT2D eigenvalue weighted by Gasteiger charge is 2.22. The Labute approximate surface area is 176 Å². The highest BCUT2D eigenvalue weighted by molar-refractivity contribution is 5.90. The maximum atomic E-state index is 12.7. The molecule has 0 unspecified atom stereocenters. The molecule has 1 fully saturated rings. The first kappa shape index (κ1) is 19.6. The van der Waals surface area contributed by atoms with Crippen molar-refractivity contribution in [1.82, 2.24) is 20.1 Å². The van der Waals surface area contributed by atoms with Gasteiger partial charge in [0.15, 0.2) is 11.6 Å². The van der Waals surface area contributed by atoms with Gasteiger partial charge in [-0.05, 0) is 42.3 Å². The Balaban J connectivity index is 1.31. The van der Waals surface area contributed by atoms with Crippen molar-refractivity contribution >= 4 is 29.0 Å². The SMILES string of the molecule is CCc1ccccc1NC(=O)N1CCN(c2ccc(Nc3cccnc3)nn2)CC1. The Hall–Kier alpha value is -3.68. The molecule has 154 valence electrons. The lowest BCUT2D eigenvalue weighted by Crippen LogP contribution is -2.50. The fraction of sp³-hybridized carbons (Fsp3) is 0.273. The zero-order chi connectivity index (χ0) is 20.8. The minimum absolute atomic E-state index is 0.0577. The number of carbonyl (C=O) groups excluding carboxylic acids is 1. The number of pyridine rings is 1. The van der Waals surface area contributed by atoms with Crippen molar-refractivity contribution in [3.63, 3.8) is 0 Å². The lowest BCUT2D eigenvalue weighted by atomic mass is 10.1. The molecule has 1 aromatic carbocycles. The number of aryl methyl sites for hydroxylation is 1. The number of rotatable bonds is 5. The normalized spacial score (nSPS) is 13.8. The number of urea groups is 1. The minimum atomic E-state index is -0.0577. The van der Waals surface area contributed by atoms with Gasteiger partial charge in [-0.15, -0.1) is 10.2 Å². The third-order valence-electron chi connectivity index (χ3n) is 5.12. The molecule has 3 heterocycles. The second-order valence-corrected chi connectivity index (χ2v) is 7.06. The molecule has 0 aliphatic carbocycles. The monoisotopic (exact) mass is 403 g/mol. The number of amides is 2. The van der Waals surface area contributed by atoms with Gasteiger partial charge in [0, 0.05) is 38.1 Å². The van der Waals surface area contributed by atoms with Crippen LogP contribution in [0.25, 0.3) is 0 Å². The summed E-state index contributed by atoms with van der Waals surface area (Å²) in [6.45, 7) is 4.79. The molecule has 4 rings (SSSR count). The fourth-order valence-corrected chi connectivity index (χ4v) is 3.43. The van der Waals surface area contributed by atoms with Crippen LogP contribution in [0.5, 0.6) is 0 Å². The molecule has 1 aliphatic rings. The molecule has 0 radical (unpaired) electrons. The van der Waals surface area contributed by atoms with E-state index in [-0.39, 0.29) is 6.03 Å². The van der Waals surface area contributed by atoms with E-state index in [0.717, 1.165) is 29.2 Å². The number of carbonyl (C=O) groups is 1. The van der Waals surface area contributed by atoms with E-state index in [2.05, 4.69) is 37.6 Å². The van der Waals surface area contributed by atoms with Crippen LogP contribution < -0.4 is 15.5 Å². The van der Waals surface area contributed by atoms with Crippen LogP contribution in [0, 0.1) is 0 Å². The molecule has 3 aromatic rings. The van der Waals surface area contributed by atoms with Crippen molar-refractivity contribution in [1.29, 1.82) is 0 Å². The van der Waals surface area contributed by atoms with Crippen LogP contribution in [-0.4, -0.2) is 52.3 Å². The molecule has 2 N–H and O–H groups in total. The van der Waals surface area contributed by atoms with Crippen LogP contribution in [0.1, 0.15) is 12.5 Å². The summed E-state index contributed by atoms with van der Waals surface area (Å²) < 4.78 is 0. The number of anilines is 4. The molecule has 1 saturated heterocycles. The number of hydrogen-bond acceptors (Lipinski definition) is 6. The molecular formula is C22H25N7O. The van der Waals surface area contributed by atoms with E-state index in [1.54, 1.807) is 12.4 Å². The second kappa shape index (κ2) is 9.21. The van der Waals surface area contributed by atoms with Gasteiger partial charge < -0.3 is 20.4 Å². The van der Waals surface area contributed by atoms with Gasteiger partial charge in [-0.1, -0.05) is 25.1 Å². The van der Waals surface area contributed by atoms with E-state index in [1.165, 1.54) is 0 Å². The Morgan fingerprint density at radius 2 is 1.83 bits per heavy atom. The number of piperazine rings is 1. The fourth-order valence-electron chi connectivity index (χ4n) is 3.43. The van der Waals surface area contributed by atoms with E-state index < -0.39 is 0 Å². The molecule has 0 spiro atoms. The van der Waals surface area contributed by atoms with E-state index >= 15 is 0 Å². The van der Waals surface area contributed by atoms with E-state index in [4.69, 9.17) is 0 Å². The van der Waals surface area contributed by atoms with Crippen LogP contribution in [0.15, 0.2) is 60.9 Å². The second-order valence-electron chi connectivity index (χ2n) is 7.06. The Bertz CT molecular complexity index is 970. The molecule has 1 aliphatic heterocycles. The molecule has 0 bridgehead atoms. The number of aromatic nitrogens is 3. The van der Waals surface area contributed by atoms with Crippen LogP contribution in [-0.2, 0) is 6.42 Å². The van der Waals surface area contributed by atoms with Crippen LogP contribution in [0.3, 0.4) is 0 Å². The third kappa shape index (κ3) is 4.65. The first-order valence-electron chi connectivity index (χ1n) is 10.1. The molecule has 2 aromatic heterocycles.